The van der Waals surface area contributed by atoms with Crippen LogP contribution in [0.25, 0.3) is 0 Å². The van der Waals surface area contributed by atoms with Gasteiger partial charge in [0, 0.05) is 19.3 Å². The number of rotatable bonds is 6. The van der Waals surface area contributed by atoms with Gasteiger partial charge in [-0.3, -0.25) is 0 Å². The third kappa shape index (κ3) is 12.6. The summed E-state index contributed by atoms with van der Waals surface area (Å²) in [4.78, 5) is 0. The summed E-state index contributed by atoms with van der Waals surface area (Å²) in [5, 5.41) is 0. The van der Waals surface area contributed by atoms with Crippen LogP contribution >= 0.6 is 0 Å². The zero-order valence-electron chi connectivity index (χ0n) is 11.5. The minimum atomic E-state index is 0.883. The molecule has 0 saturated carbocycles. The fourth-order valence-corrected chi connectivity index (χ4v) is 1.55. The van der Waals surface area contributed by atoms with E-state index in [0.29, 0.717) is 0 Å². The molecule has 0 atom stereocenters. The van der Waals surface area contributed by atoms with Gasteiger partial charge in [0.05, 0.1) is 0 Å². The minimum absolute atomic E-state index is 0.883. The maximum atomic E-state index is 5.18. The third-order valence-corrected chi connectivity index (χ3v) is 2.31. The van der Waals surface area contributed by atoms with Gasteiger partial charge in [-0.2, -0.15) is 0 Å². The molecule has 0 aliphatic rings. The van der Waals surface area contributed by atoms with E-state index in [2.05, 4.69) is 44.3 Å². The normalized spacial score (nSPS) is 8.59. The molecule has 0 saturated heterocycles. The van der Waals surface area contributed by atoms with Crippen molar-refractivity contribution in [3.8, 4) is 24.2 Å². The van der Waals surface area contributed by atoms with Gasteiger partial charge in [-0.1, -0.05) is 0 Å². The van der Waals surface area contributed by atoms with Crippen LogP contribution in [0.2, 0.25) is 0 Å². The number of hydrogen-bond donors (Lipinski definition) is 0. The number of terminal acetylenes is 1. The van der Waals surface area contributed by atoms with Crippen LogP contribution in [0.15, 0.2) is 16.9 Å². The molecule has 0 heterocycles. The molecule has 0 radical (unpaired) electrons. The summed E-state index contributed by atoms with van der Waals surface area (Å²) in [6.07, 6.45) is 12.5. The predicted molar refractivity (Wildman–Crippen MR) is 76.5 cm³/mol. The summed E-state index contributed by atoms with van der Waals surface area (Å²) in [5.41, 5.74) is 5.92. The third-order valence-electron chi connectivity index (χ3n) is 2.31. The van der Waals surface area contributed by atoms with Gasteiger partial charge in [0.15, 0.2) is 0 Å². The molecule has 92 valence electrons. The quantitative estimate of drug-likeness (QED) is 0.346. The van der Waals surface area contributed by atoms with Gasteiger partial charge in [0.25, 0.3) is 0 Å². The fourth-order valence-electron chi connectivity index (χ4n) is 1.55. The Bertz CT molecular complexity index is 355. The van der Waals surface area contributed by atoms with E-state index in [-0.39, 0.29) is 0 Å². The van der Waals surface area contributed by atoms with Crippen LogP contribution in [0.3, 0.4) is 0 Å². The monoisotopic (exact) mass is 228 g/mol. The van der Waals surface area contributed by atoms with Gasteiger partial charge in [-0.15, -0.1) is 29.9 Å². The van der Waals surface area contributed by atoms with E-state index in [1.165, 1.54) is 11.1 Å². The van der Waals surface area contributed by atoms with Crippen molar-refractivity contribution in [2.45, 2.75) is 65.7 Å². The van der Waals surface area contributed by atoms with Crippen molar-refractivity contribution in [2.24, 2.45) is 0 Å². The van der Waals surface area contributed by atoms with Crippen molar-refractivity contribution in [2.75, 3.05) is 0 Å². The second-order valence-electron chi connectivity index (χ2n) is 4.52. The Balaban J connectivity index is 3.56. The Labute approximate surface area is 107 Å². The van der Waals surface area contributed by atoms with Crippen molar-refractivity contribution in [1.29, 1.82) is 0 Å². The number of unbranched alkanes of at least 4 members (excludes halogenated alkanes) is 4. The van der Waals surface area contributed by atoms with E-state index in [4.69, 9.17) is 6.42 Å². The van der Waals surface area contributed by atoms with E-state index in [9.17, 15) is 0 Å². The van der Waals surface area contributed by atoms with Crippen molar-refractivity contribution < 1.29 is 0 Å². The second kappa shape index (κ2) is 11.1. The summed E-state index contributed by atoms with van der Waals surface area (Å²) in [5.74, 6) is 9.07. The molecule has 0 aliphatic carbocycles. The van der Waals surface area contributed by atoms with Gasteiger partial charge in [0.1, 0.15) is 0 Å². The molecule has 0 rings (SSSR count). The Morgan fingerprint density at radius 2 is 1.47 bits per heavy atom. The van der Waals surface area contributed by atoms with Gasteiger partial charge >= 0.3 is 0 Å². The summed E-state index contributed by atoms with van der Waals surface area (Å²) in [7, 11) is 0. The topological polar surface area (TPSA) is 0 Å². The summed E-state index contributed by atoms with van der Waals surface area (Å²) >= 11 is 0. The number of allylic oxidation sites excluding steroid dienone is 1. The maximum absolute atomic E-state index is 5.18. The van der Waals surface area contributed by atoms with Crippen LogP contribution in [0.1, 0.15) is 65.7 Å². The van der Waals surface area contributed by atoms with Crippen molar-refractivity contribution in [1.82, 2.24) is 0 Å². The highest BCUT2D eigenvalue weighted by Crippen LogP contribution is 2.05. The largest absolute Gasteiger partial charge is 0.123 e. The molecule has 0 aliphatic heterocycles. The molecule has 0 N–H and O–H groups in total. The molecule has 0 aromatic carbocycles. The summed E-state index contributed by atoms with van der Waals surface area (Å²) in [6, 6.07) is 0. The molecule has 0 unspecified atom stereocenters. The second-order valence-corrected chi connectivity index (χ2v) is 4.52. The zero-order chi connectivity index (χ0) is 12.9. The highest BCUT2D eigenvalue weighted by atomic mass is 13.9. The van der Waals surface area contributed by atoms with E-state index in [1.54, 1.807) is 0 Å². The first kappa shape index (κ1) is 15.6. The first-order valence-corrected chi connectivity index (χ1v) is 6.45. The SMILES string of the molecule is C#CCCCCC#CCCCC(C)=C=C(C)C. The lowest BCUT2D eigenvalue weighted by molar-refractivity contribution is 0.781. The van der Waals surface area contributed by atoms with E-state index >= 15 is 0 Å². The van der Waals surface area contributed by atoms with Crippen LogP contribution in [-0.4, -0.2) is 0 Å². The van der Waals surface area contributed by atoms with E-state index < -0.39 is 0 Å². The predicted octanol–water partition coefficient (Wildman–Crippen LogP) is 4.87. The molecule has 0 aromatic rings. The molecule has 0 bridgehead atoms. The van der Waals surface area contributed by atoms with E-state index in [1.807, 2.05) is 0 Å². The molecular formula is C17H24. The van der Waals surface area contributed by atoms with Crippen molar-refractivity contribution in [3.05, 3.63) is 16.9 Å². The van der Waals surface area contributed by atoms with Crippen LogP contribution < -0.4 is 0 Å². The molecule has 0 aromatic heterocycles. The van der Waals surface area contributed by atoms with Gasteiger partial charge in [-0.25, -0.2) is 0 Å². The minimum Gasteiger partial charge on any atom is -0.123 e. The van der Waals surface area contributed by atoms with Crippen LogP contribution in [0, 0.1) is 24.2 Å². The smallest absolute Gasteiger partial charge is 0.00919 e. The van der Waals surface area contributed by atoms with Crippen molar-refractivity contribution >= 4 is 0 Å². The van der Waals surface area contributed by atoms with Gasteiger partial charge in [-0.05, 0) is 57.6 Å². The van der Waals surface area contributed by atoms with Gasteiger partial charge < -0.3 is 0 Å². The highest BCUT2D eigenvalue weighted by Gasteiger charge is 1.88. The van der Waals surface area contributed by atoms with Crippen molar-refractivity contribution in [3.63, 3.8) is 0 Å². The van der Waals surface area contributed by atoms with E-state index in [0.717, 1.165) is 44.9 Å². The number of hydrogen-bond acceptors (Lipinski definition) is 0. The molecule has 0 nitrogen and oxygen atoms in total. The lowest BCUT2D eigenvalue weighted by Gasteiger charge is -1.94. The molecule has 0 fully saturated rings. The Morgan fingerprint density at radius 3 is 2.06 bits per heavy atom. The zero-order valence-corrected chi connectivity index (χ0v) is 11.5. The van der Waals surface area contributed by atoms with Crippen LogP contribution in [0.5, 0.6) is 0 Å². The Kier molecular flexibility index (Phi) is 10.2. The fraction of sp³-hybridized carbons (Fsp3) is 0.588. The molecular weight excluding hydrogens is 204 g/mol. The lowest BCUT2D eigenvalue weighted by atomic mass is 10.1. The molecule has 0 heteroatoms. The highest BCUT2D eigenvalue weighted by molar-refractivity contribution is 5.04. The summed E-state index contributed by atoms with van der Waals surface area (Å²) in [6.45, 7) is 6.30. The first-order valence-electron chi connectivity index (χ1n) is 6.45. The van der Waals surface area contributed by atoms with Crippen LogP contribution in [-0.2, 0) is 0 Å². The summed E-state index contributed by atoms with van der Waals surface area (Å²) < 4.78 is 0. The lowest BCUT2D eigenvalue weighted by Crippen LogP contribution is -1.77. The van der Waals surface area contributed by atoms with Gasteiger partial charge in [0.2, 0.25) is 0 Å². The molecule has 0 spiro atoms. The average Bonchev–Trinajstić information content (AvgIpc) is 2.26. The van der Waals surface area contributed by atoms with Crippen LogP contribution in [0.4, 0.5) is 0 Å². The average molecular weight is 228 g/mol. The molecule has 0 amide bonds. The Hall–Kier alpha value is -1.36. The Morgan fingerprint density at radius 1 is 0.882 bits per heavy atom. The first-order chi connectivity index (χ1) is 8.16. The standard InChI is InChI=1S/C17H24/c1-5-6-7-8-9-10-11-12-13-14-17(4)15-16(2)3/h1H,6-9,12-14H2,2-4H3. The molecule has 17 heavy (non-hydrogen) atoms. The maximum Gasteiger partial charge on any atom is 0.00919 e.